The van der Waals surface area contributed by atoms with Gasteiger partial charge in [0.2, 0.25) is 0 Å². The molecule has 5 heteroatoms. The maximum absolute atomic E-state index is 13.0. The van der Waals surface area contributed by atoms with Crippen molar-refractivity contribution in [2.75, 3.05) is 5.32 Å². The van der Waals surface area contributed by atoms with E-state index in [9.17, 15) is 4.79 Å². The summed E-state index contributed by atoms with van der Waals surface area (Å²) in [4.78, 5) is 17.7. The Kier molecular flexibility index (Phi) is 3.15. The highest BCUT2D eigenvalue weighted by atomic mass is 16.1. The van der Waals surface area contributed by atoms with Gasteiger partial charge in [-0.1, -0.05) is 18.2 Å². The van der Waals surface area contributed by atoms with Gasteiger partial charge in [0.15, 0.2) is 5.65 Å². The molecule has 0 bridgehead atoms. The molecule has 0 spiro atoms. The van der Waals surface area contributed by atoms with Crippen LogP contribution in [0.5, 0.6) is 0 Å². The fourth-order valence-electron chi connectivity index (χ4n) is 3.43. The Morgan fingerprint density at radius 3 is 2.78 bits per heavy atom. The molecule has 3 aromatic rings. The predicted molar refractivity (Wildman–Crippen MR) is 89.7 cm³/mol. The topological polar surface area (TPSA) is 59.8 Å². The number of anilines is 1. The summed E-state index contributed by atoms with van der Waals surface area (Å²) in [5.74, 6) is -0.0714. The number of hydrogen-bond donors (Lipinski definition) is 1. The molecular formula is C18H18N4O. The quantitative estimate of drug-likeness (QED) is 0.791. The van der Waals surface area contributed by atoms with E-state index in [0.29, 0.717) is 0 Å². The first kappa shape index (κ1) is 13.9. The second-order valence-corrected chi connectivity index (χ2v) is 5.99. The van der Waals surface area contributed by atoms with Crippen molar-refractivity contribution in [2.24, 2.45) is 7.05 Å². The van der Waals surface area contributed by atoms with Gasteiger partial charge in [-0.25, -0.2) is 4.98 Å². The Balaban J connectivity index is 1.90. The summed E-state index contributed by atoms with van der Waals surface area (Å²) < 4.78 is 1.77. The van der Waals surface area contributed by atoms with Crippen molar-refractivity contribution in [3.8, 4) is 0 Å². The zero-order chi connectivity index (χ0) is 16.0. The Morgan fingerprint density at radius 2 is 2.00 bits per heavy atom. The summed E-state index contributed by atoms with van der Waals surface area (Å²) in [6, 6.07) is 9.55. The first-order valence-corrected chi connectivity index (χ1v) is 7.86. The first-order chi connectivity index (χ1) is 11.1. The third kappa shape index (κ3) is 2.20. The maximum Gasteiger partial charge on any atom is 0.256 e. The van der Waals surface area contributed by atoms with Crippen LogP contribution >= 0.6 is 0 Å². The SMILES string of the molecule is Cc1nn(C)c2nc3c(c(C(=O)Nc4ccccc4)c12)CCC3. The summed E-state index contributed by atoms with van der Waals surface area (Å²) in [6.45, 7) is 1.94. The van der Waals surface area contributed by atoms with Gasteiger partial charge in [-0.3, -0.25) is 9.48 Å². The van der Waals surface area contributed by atoms with Crippen molar-refractivity contribution in [2.45, 2.75) is 26.2 Å². The number of benzene rings is 1. The molecule has 2 aromatic heterocycles. The number of carbonyl (C=O) groups excluding carboxylic acids is 1. The van der Waals surface area contributed by atoms with Gasteiger partial charge in [0.1, 0.15) is 0 Å². The van der Waals surface area contributed by atoms with E-state index in [1.807, 2.05) is 44.3 Å². The second kappa shape index (κ2) is 5.19. The molecule has 1 N–H and O–H groups in total. The number of rotatable bonds is 2. The highest BCUT2D eigenvalue weighted by molar-refractivity contribution is 6.14. The molecule has 0 fully saturated rings. The van der Waals surface area contributed by atoms with Crippen LogP contribution < -0.4 is 5.32 Å². The molecule has 0 unspecified atom stereocenters. The van der Waals surface area contributed by atoms with Crippen molar-refractivity contribution in [3.05, 3.63) is 52.8 Å². The van der Waals surface area contributed by atoms with E-state index >= 15 is 0 Å². The lowest BCUT2D eigenvalue weighted by Gasteiger charge is -2.11. The number of carbonyl (C=O) groups is 1. The third-order valence-electron chi connectivity index (χ3n) is 4.43. The number of nitrogens with zero attached hydrogens (tertiary/aromatic N) is 3. The normalized spacial score (nSPS) is 13.3. The summed E-state index contributed by atoms with van der Waals surface area (Å²) in [5.41, 5.74) is 5.32. The monoisotopic (exact) mass is 306 g/mol. The molecule has 0 saturated carbocycles. The van der Waals surface area contributed by atoms with Crippen LogP contribution in [-0.2, 0) is 19.9 Å². The molecule has 1 amide bonds. The molecular weight excluding hydrogens is 288 g/mol. The van der Waals surface area contributed by atoms with Crippen LogP contribution in [-0.4, -0.2) is 20.7 Å². The Labute approximate surface area is 134 Å². The van der Waals surface area contributed by atoms with Crippen LogP contribution in [0.25, 0.3) is 11.0 Å². The summed E-state index contributed by atoms with van der Waals surface area (Å²) >= 11 is 0. The van der Waals surface area contributed by atoms with Crippen molar-refractivity contribution < 1.29 is 4.79 Å². The first-order valence-electron chi connectivity index (χ1n) is 7.86. The molecule has 0 atom stereocenters. The molecule has 0 radical (unpaired) electrons. The van der Waals surface area contributed by atoms with Crippen molar-refractivity contribution in [1.82, 2.24) is 14.8 Å². The molecule has 5 nitrogen and oxygen atoms in total. The molecule has 0 aliphatic heterocycles. The summed E-state index contributed by atoms with van der Waals surface area (Å²) in [6.07, 6.45) is 2.89. The number of aryl methyl sites for hydroxylation is 3. The number of nitrogens with one attached hydrogen (secondary N) is 1. The van der Waals surface area contributed by atoms with E-state index < -0.39 is 0 Å². The van der Waals surface area contributed by atoms with E-state index in [1.54, 1.807) is 4.68 Å². The minimum absolute atomic E-state index is 0.0714. The Bertz CT molecular complexity index is 912. The highest BCUT2D eigenvalue weighted by Gasteiger charge is 2.26. The van der Waals surface area contributed by atoms with Gasteiger partial charge < -0.3 is 5.32 Å². The largest absolute Gasteiger partial charge is 0.322 e. The molecule has 0 saturated heterocycles. The maximum atomic E-state index is 13.0. The van der Waals surface area contributed by atoms with E-state index in [1.165, 1.54) is 0 Å². The third-order valence-corrected chi connectivity index (χ3v) is 4.43. The number of fused-ring (bicyclic) bond motifs is 2. The van der Waals surface area contributed by atoms with Crippen LogP contribution in [0.15, 0.2) is 30.3 Å². The van der Waals surface area contributed by atoms with Crippen LogP contribution in [0.2, 0.25) is 0 Å². The number of amides is 1. The molecule has 1 aliphatic rings. The zero-order valence-corrected chi connectivity index (χ0v) is 13.3. The van der Waals surface area contributed by atoms with Gasteiger partial charge in [-0.2, -0.15) is 5.10 Å². The lowest BCUT2D eigenvalue weighted by Crippen LogP contribution is -2.16. The summed E-state index contributed by atoms with van der Waals surface area (Å²) in [7, 11) is 1.88. The molecule has 23 heavy (non-hydrogen) atoms. The Morgan fingerprint density at radius 1 is 1.22 bits per heavy atom. The highest BCUT2D eigenvalue weighted by Crippen LogP contribution is 2.32. The van der Waals surface area contributed by atoms with Gasteiger partial charge in [0, 0.05) is 18.4 Å². The summed E-state index contributed by atoms with van der Waals surface area (Å²) in [5, 5.41) is 8.34. The molecule has 1 aliphatic carbocycles. The molecule has 116 valence electrons. The predicted octanol–water partition coefficient (Wildman–Crippen LogP) is 3.02. The van der Waals surface area contributed by atoms with Crippen LogP contribution in [0, 0.1) is 6.92 Å². The second-order valence-electron chi connectivity index (χ2n) is 5.99. The average Bonchev–Trinajstić information content (AvgIpc) is 3.11. The fraction of sp³-hybridized carbons (Fsp3) is 0.278. The van der Waals surface area contributed by atoms with Gasteiger partial charge in [-0.05, 0) is 43.9 Å². The average molecular weight is 306 g/mol. The minimum Gasteiger partial charge on any atom is -0.322 e. The van der Waals surface area contributed by atoms with Crippen LogP contribution in [0.3, 0.4) is 0 Å². The van der Waals surface area contributed by atoms with Gasteiger partial charge in [0.25, 0.3) is 5.91 Å². The number of pyridine rings is 1. The molecule has 4 rings (SSSR count). The van der Waals surface area contributed by atoms with Crippen molar-refractivity contribution >= 4 is 22.6 Å². The van der Waals surface area contributed by atoms with Crippen LogP contribution in [0.1, 0.15) is 33.7 Å². The Hall–Kier alpha value is -2.69. The lowest BCUT2D eigenvalue weighted by molar-refractivity contribution is 0.102. The van der Waals surface area contributed by atoms with E-state index in [-0.39, 0.29) is 5.91 Å². The van der Waals surface area contributed by atoms with Gasteiger partial charge in [0.05, 0.1) is 16.6 Å². The lowest BCUT2D eigenvalue weighted by atomic mass is 10.0. The van der Waals surface area contributed by atoms with Gasteiger partial charge in [-0.15, -0.1) is 0 Å². The standard InChI is InChI=1S/C18H18N4O/c1-11-15-16(18(23)19-12-7-4-3-5-8-12)13-9-6-10-14(13)20-17(15)22(2)21-11/h3-5,7-8H,6,9-10H2,1-2H3,(H,19,23). The van der Waals surface area contributed by atoms with E-state index in [0.717, 1.165) is 58.5 Å². The molecule has 1 aromatic carbocycles. The number of para-hydroxylation sites is 1. The fourth-order valence-corrected chi connectivity index (χ4v) is 3.43. The number of hydrogen-bond acceptors (Lipinski definition) is 3. The van der Waals surface area contributed by atoms with Gasteiger partial charge >= 0.3 is 0 Å². The van der Waals surface area contributed by atoms with Crippen LogP contribution in [0.4, 0.5) is 5.69 Å². The van der Waals surface area contributed by atoms with Crippen molar-refractivity contribution in [3.63, 3.8) is 0 Å². The zero-order valence-electron chi connectivity index (χ0n) is 13.3. The smallest absolute Gasteiger partial charge is 0.256 e. The van der Waals surface area contributed by atoms with E-state index in [2.05, 4.69) is 10.4 Å². The molecule has 2 heterocycles. The number of aromatic nitrogens is 3. The van der Waals surface area contributed by atoms with Crippen molar-refractivity contribution in [1.29, 1.82) is 0 Å². The van der Waals surface area contributed by atoms with E-state index in [4.69, 9.17) is 4.98 Å². The minimum atomic E-state index is -0.0714.